The first-order chi connectivity index (χ1) is 26.5. The summed E-state index contributed by atoms with van der Waals surface area (Å²) in [6, 6.07) is 39.4. The third kappa shape index (κ3) is 14.1. The predicted molar refractivity (Wildman–Crippen MR) is 263 cm³/mol. The number of halogens is 7. The standard InChI is InChI=1S/C9H10O.C9H10.C8H6Br2.C8H7Br.C8H6O.4CH3Br/c1-9(10)6-7-4-2-3-5-8(7)9;1-7-6-8-4-2-3-5-9(7)8;9-8(10)5-6-3-1-2-4-7(6)8;9-8-4-3-6-1-2-7(6)5-8;9-8-5-6-3-1-2-4-7(6)8;4*1-2/h2-5,10H,6H2,1H3;2-5,7H,6H2,1H3;1-4H,5H2;3-5H,1-2H2;1-4H,5H2;4*1H3. The second kappa shape index (κ2) is 25.5. The van der Waals surface area contributed by atoms with Crippen molar-refractivity contribution in [2.24, 2.45) is 0 Å². The number of ketones is 1. The van der Waals surface area contributed by atoms with Crippen molar-refractivity contribution in [1.82, 2.24) is 0 Å². The third-order valence-corrected chi connectivity index (χ3v) is 11.5. The van der Waals surface area contributed by atoms with E-state index < -0.39 is 5.60 Å². The second-order valence-electron chi connectivity index (χ2n) is 13.1. The van der Waals surface area contributed by atoms with Gasteiger partial charge in [-0.05, 0) is 118 Å². The van der Waals surface area contributed by atoms with Gasteiger partial charge in [0.2, 0.25) is 0 Å². The minimum Gasteiger partial charge on any atom is -0.385 e. The molecule has 1 N–H and O–H groups in total. The molecule has 5 aliphatic rings. The number of aliphatic hydroxyl groups is 1. The fourth-order valence-corrected chi connectivity index (χ4v) is 8.39. The lowest BCUT2D eigenvalue weighted by Gasteiger charge is -2.35. The quantitative estimate of drug-likeness (QED) is 0.157. The van der Waals surface area contributed by atoms with E-state index in [1.54, 1.807) is 11.1 Å². The van der Waals surface area contributed by atoms with E-state index in [0.29, 0.717) is 6.42 Å². The van der Waals surface area contributed by atoms with Crippen molar-refractivity contribution >= 4 is 117 Å². The molecule has 0 bridgehead atoms. The number of fused-ring (bicyclic) bond motifs is 5. The Balaban J connectivity index is 0.000000227. The van der Waals surface area contributed by atoms with Gasteiger partial charge in [-0.3, -0.25) is 4.79 Å². The van der Waals surface area contributed by atoms with Crippen LogP contribution in [0.15, 0.2) is 120 Å². The van der Waals surface area contributed by atoms with E-state index >= 15 is 0 Å². The molecule has 0 radical (unpaired) electrons. The Bertz CT molecular complexity index is 1870. The van der Waals surface area contributed by atoms with Gasteiger partial charge < -0.3 is 5.11 Å². The van der Waals surface area contributed by atoms with Gasteiger partial charge in [0.15, 0.2) is 5.78 Å². The fraction of sp³-hybridized carbons (Fsp3) is 0.326. The summed E-state index contributed by atoms with van der Waals surface area (Å²) in [7, 11) is 0. The first-order valence-electron chi connectivity index (χ1n) is 17.8. The molecule has 5 aromatic carbocycles. The summed E-state index contributed by atoms with van der Waals surface area (Å²) in [5, 5.41) is 9.57. The highest BCUT2D eigenvalue weighted by Crippen LogP contribution is 2.50. The van der Waals surface area contributed by atoms with Crippen LogP contribution in [-0.4, -0.2) is 34.2 Å². The molecule has 0 aromatic heterocycles. The number of rotatable bonds is 0. The summed E-state index contributed by atoms with van der Waals surface area (Å²) in [6.07, 6.45) is 6.38. The number of carbonyl (C=O) groups excluding carboxylic acids is 1. The molecule has 0 saturated carbocycles. The number of carbonyl (C=O) groups is 1. The van der Waals surface area contributed by atoms with Crippen LogP contribution in [0.25, 0.3) is 0 Å². The zero-order valence-corrected chi connectivity index (χ0v) is 43.4. The van der Waals surface area contributed by atoms with Crippen molar-refractivity contribution in [3.8, 4) is 0 Å². The summed E-state index contributed by atoms with van der Waals surface area (Å²) in [4.78, 5) is 10.7. The van der Waals surface area contributed by atoms with Crippen LogP contribution in [0, 0.1) is 0 Å². The number of Topliss-reactive ketones (excluding diaryl/α,β-unsaturated/α-hetero) is 1. The molecule has 0 fully saturated rings. The highest BCUT2D eigenvalue weighted by atomic mass is 79.9. The van der Waals surface area contributed by atoms with Gasteiger partial charge in [-0.25, -0.2) is 0 Å². The fourth-order valence-electron chi connectivity index (χ4n) is 6.60. The Morgan fingerprint density at radius 2 is 1.07 bits per heavy atom. The Labute approximate surface area is 389 Å². The molecule has 0 amide bonds. The van der Waals surface area contributed by atoms with E-state index in [4.69, 9.17) is 0 Å². The predicted octanol–water partition coefficient (Wildman–Crippen LogP) is 15.0. The summed E-state index contributed by atoms with van der Waals surface area (Å²) >= 11 is 22.3. The van der Waals surface area contributed by atoms with Crippen LogP contribution < -0.4 is 0 Å². The molecule has 0 aliphatic heterocycles. The lowest BCUT2D eigenvalue weighted by atomic mass is 9.75. The first kappa shape index (κ1) is 50.2. The molecule has 296 valence electrons. The maximum atomic E-state index is 10.7. The van der Waals surface area contributed by atoms with Crippen molar-refractivity contribution in [3.05, 3.63) is 175 Å². The average molecular weight is 1200 g/mol. The Hall–Kier alpha value is -0.910. The van der Waals surface area contributed by atoms with Gasteiger partial charge in [-0.15, -0.1) is 0 Å². The third-order valence-electron chi connectivity index (χ3n) is 9.57. The molecule has 2 nitrogen and oxygen atoms in total. The van der Waals surface area contributed by atoms with Crippen LogP contribution >= 0.6 is 112 Å². The molecule has 0 heterocycles. The van der Waals surface area contributed by atoms with Crippen LogP contribution in [0.5, 0.6) is 0 Å². The van der Waals surface area contributed by atoms with Crippen LogP contribution in [0.2, 0.25) is 0 Å². The number of hydrogen-bond donors (Lipinski definition) is 1. The number of benzene rings is 5. The minimum absolute atomic E-state index is 0.0800. The van der Waals surface area contributed by atoms with Gasteiger partial charge in [0.25, 0.3) is 0 Å². The van der Waals surface area contributed by atoms with Crippen LogP contribution in [0.4, 0.5) is 0 Å². The lowest BCUT2D eigenvalue weighted by molar-refractivity contribution is 0.0329. The normalized spacial score (nSPS) is 17.6. The van der Waals surface area contributed by atoms with Crippen LogP contribution in [0.3, 0.4) is 0 Å². The average Bonchev–Trinajstić information content (AvgIpc) is 3.19. The largest absolute Gasteiger partial charge is 0.385 e. The van der Waals surface area contributed by atoms with E-state index in [-0.39, 0.29) is 9.02 Å². The highest BCUT2D eigenvalue weighted by Gasteiger charge is 2.37. The molecule has 2 atom stereocenters. The maximum Gasteiger partial charge on any atom is 0.167 e. The van der Waals surface area contributed by atoms with E-state index in [1.165, 1.54) is 57.1 Å². The van der Waals surface area contributed by atoms with Gasteiger partial charge in [0, 0.05) is 29.3 Å². The van der Waals surface area contributed by atoms with E-state index in [9.17, 15) is 9.90 Å². The van der Waals surface area contributed by atoms with Crippen LogP contribution in [0.1, 0.15) is 80.2 Å². The number of hydrogen-bond acceptors (Lipinski definition) is 2. The first-order valence-corrected chi connectivity index (χ1v) is 26.5. The monoisotopic (exact) mass is 1190 g/mol. The Morgan fingerprint density at radius 3 is 1.42 bits per heavy atom. The number of aryl methyl sites for hydroxylation is 2. The lowest BCUT2D eigenvalue weighted by Crippen LogP contribution is -2.34. The van der Waals surface area contributed by atoms with Gasteiger partial charge in [-0.1, -0.05) is 222 Å². The zero-order valence-electron chi connectivity index (χ0n) is 32.3. The SMILES string of the molecule is BrC1(Br)Cc2ccccc21.Brc1ccc2c(c1)CC2.CBr.CBr.CBr.CBr.CC1(O)Cc2ccccc21.CC1Cc2ccccc21.O=C1Cc2ccccc21. The molecule has 0 saturated heterocycles. The van der Waals surface area contributed by atoms with E-state index in [1.807, 2.05) is 72.7 Å². The van der Waals surface area contributed by atoms with Crippen molar-refractivity contribution in [1.29, 1.82) is 0 Å². The second-order valence-corrected chi connectivity index (χ2v) is 17.8. The summed E-state index contributed by atoms with van der Waals surface area (Å²) in [6.45, 7) is 4.14. The highest BCUT2D eigenvalue weighted by molar-refractivity contribution is 9.24. The topological polar surface area (TPSA) is 37.3 Å². The number of alkyl halides is 6. The Morgan fingerprint density at radius 1 is 0.582 bits per heavy atom. The smallest absolute Gasteiger partial charge is 0.167 e. The molecular weight excluding hydrogens is 1140 g/mol. The minimum atomic E-state index is -0.545. The van der Waals surface area contributed by atoms with Crippen LogP contribution in [-0.2, 0) is 47.4 Å². The van der Waals surface area contributed by atoms with Crippen molar-refractivity contribution in [2.75, 3.05) is 23.3 Å². The molecule has 9 heteroatoms. The Kier molecular flexibility index (Phi) is 23.3. The van der Waals surface area contributed by atoms with Gasteiger partial charge in [-0.2, -0.15) is 0 Å². The molecule has 5 aliphatic carbocycles. The molecule has 55 heavy (non-hydrogen) atoms. The van der Waals surface area contributed by atoms with Gasteiger partial charge in [0.05, 0.1) is 5.60 Å². The molecule has 10 rings (SSSR count). The summed E-state index contributed by atoms with van der Waals surface area (Å²) in [5.41, 5.74) is 12.9. The molecular formula is C46H51Br7O2. The zero-order chi connectivity index (χ0) is 41.2. The van der Waals surface area contributed by atoms with Crippen molar-refractivity contribution in [2.45, 2.75) is 67.1 Å². The maximum absolute atomic E-state index is 10.7. The molecule has 2 unspecified atom stereocenters. The van der Waals surface area contributed by atoms with Crippen molar-refractivity contribution < 1.29 is 9.90 Å². The van der Waals surface area contributed by atoms with Gasteiger partial charge in [0.1, 0.15) is 3.23 Å². The summed E-state index contributed by atoms with van der Waals surface area (Å²) in [5.74, 6) is 8.35. The molecule has 5 aromatic rings. The van der Waals surface area contributed by atoms with Gasteiger partial charge >= 0.3 is 0 Å². The van der Waals surface area contributed by atoms with E-state index in [2.05, 4.69) is 191 Å². The van der Waals surface area contributed by atoms with Crippen molar-refractivity contribution in [3.63, 3.8) is 0 Å². The molecule has 0 spiro atoms. The van der Waals surface area contributed by atoms with E-state index in [0.717, 1.165) is 29.9 Å². The summed E-state index contributed by atoms with van der Waals surface area (Å²) < 4.78 is 1.29.